The van der Waals surface area contributed by atoms with Gasteiger partial charge in [0.15, 0.2) is 5.82 Å². The maximum atomic E-state index is 13.5. The topological polar surface area (TPSA) is 85.0 Å². The predicted molar refractivity (Wildman–Crippen MR) is 105 cm³/mol. The molecule has 1 aliphatic heterocycles. The average Bonchev–Trinajstić information content (AvgIpc) is 3.38. The van der Waals surface area contributed by atoms with Gasteiger partial charge in [-0.25, -0.2) is 14.4 Å². The molecule has 2 aromatic carbocycles. The predicted octanol–water partition coefficient (Wildman–Crippen LogP) is 4.26. The lowest BCUT2D eigenvalue weighted by atomic mass is 10.0. The highest BCUT2D eigenvalue weighted by Crippen LogP contribution is 2.39. The molecule has 0 atom stereocenters. The van der Waals surface area contributed by atoms with Gasteiger partial charge in [0.05, 0.1) is 5.52 Å². The smallest absolute Gasteiger partial charge is 0.340 e. The molecule has 0 saturated carbocycles. The summed E-state index contributed by atoms with van der Waals surface area (Å²) in [5, 5.41) is 11.2. The van der Waals surface area contributed by atoms with E-state index in [0.717, 1.165) is 11.1 Å². The van der Waals surface area contributed by atoms with E-state index in [4.69, 9.17) is 14.5 Å². The molecule has 1 aliphatic rings. The van der Waals surface area contributed by atoms with Gasteiger partial charge in [0.2, 0.25) is 5.82 Å². The number of nitrogens with one attached hydrogen (secondary N) is 2. The van der Waals surface area contributed by atoms with E-state index < -0.39 is 5.79 Å². The van der Waals surface area contributed by atoms with Gasteiger partial charge in [-0.1, -0.05) is 12.1 Å². The van der Waals surface area contributed by atoms with Crippen LogP contribution >= 0.6 is 0 Å². The van der Waals surface area contributed by atoms with Gasteiger partial charge in [-0.3, -0.25) is 5.10 Å². The third-order valence-corrected chi connectivity index (χ3v) is 4.60. The summed E-state index contributed by atoms with van der Waals surface area (Å²) in [5.41, 5.74) is 2.19. The fraction of sp³-hybridized carbons (Fsp3) is 0.0952. The normalized spacial score (nSPS) is 14.6. The third kappa shape index (κ3) is 2.94. The Morgan fingerprint density at radius 1 is 1.00 bits per heavy atom. The van der Waals surface area contributed by atoms with Crippen molar-refractivity contribution in [3.63, 3.8) is 0 Å². The van der Waals surface area contributed by atoms with Gasteiger partial charge in [-0.05, 0) is 43.3 Å². The number of H-pyrrole nitrogens is 1. The van der Waals surface area contributed by atoms with E-state index in [0.29, 0.717) is 22.7 Å². The molecule has 2 aromatic heterocycles. The molecule has 29 heavy (non-hydrogen) atoms. The highest BCUT2D eigenvalue weighted by molar-refractivity contribution is 5.90. The Hall–Kier alpha value is -3.94. The number of aryl methyl sites for hydroxylation is 1. The molecular formula is C21H16FN5O2. The summed E-state index contributed by atoms with van der Waals surface area (Å²) in [6.45, 7) is 1.91. The number of aromatic amines is 1. The van der Waals surface area contributed by atoms with Crippen LogP contribution in [0.4, 0.5) is 16.0 Å². The maximum Gasteiger partial charge on any atom is 0.340 e. The standard InChI is InChI=1S/C21H16FN5O2/c1-13-12-18(27-26-13)24-19-16-4-2-3-5-17(16)23-20(25-19)21(28-10-11-29-21)14-6-8-15(22)9-7-14/h2-12H,1H3,(H2,23,24,25,26,27). The Kier molecular flexibility index (Phi) is 3.90. The lowest BCUT2D eigenvalue weighted by Gasteiger charge is -2.27. The minimum absolute atomic E-state index is 0.280. The molecule has 0 spiro atoms. The Labute approximate surface area is 165 Å². The zero-order valence-electron chi connectivity index (χ0n) is 15.4. The number of nitrogens with zero attached hydrogens (tertiary/aromatic N) is 3. The monoisotopic (exact) mass is 389 g/mol. The fourth-order valence-electron chi connectivity index (χ4n) is 3.24. The van der Waals surface area contributed by atoms with Crippen molar-refractivity contribution >= 4 is 22.5 Å². The summed E-state index contributed by atoms with van der Waals surface area (Å²) in [6, 6.07) is 15.3. The number of benzene rings is 2. The van der Waals surface area contributed by atoms with Crippen LogP contribution in [0.1, 0.15) is 17.1 Å². The van der Waals surface area contributed by atoms with E-state index in [1.54, 1.807) is 12.1 Å². The highest BCUT2D eigenvalue weighted by Gasteiger charge is 2.44. The van der Waals surface area contributed by atoms with Gasteiger partial charge < -0.3 is 14.8 Å². The van der Waals surface area contributed by atoms with Crippen molar-refractivity contribution in [1.29, 1.82) is 0 Å². The Morgan fingerprint density at radius 3 is 2.48 bits per heavy atom. The lowest BCUT2D eigenvalue weighted by Crippen LogP contribution is -2.31. The van der Waals surface area contributed by atoms with E-state index >= 15 is 0 Å². The van der Waals surface area contributed by atoms with Crippen LogP contribution < -0.4 is 5.32 Å². The van der Waals surface area contributed by atoms with Crippen molar-refractivity contribution in [2.75, 3.05) is 5.32 Å². The van der Waals surface area contributed by atoms with Crippen LogP contribution in [0, 0.1) is 12.7 Å². The van der Waals surface area contributed by atoms with Crippen molar-refractivity contribution in [3.8, 4) is 0 Å². The number of halogens is 1. The van der Waals surface area contributed by atoms with Crippen molar-refractivity contribution < 1.29 is 13.9 Å². The molecule has 0 bridgehead atoms. The summed E-state index contributed by atoms with van der Waals surface area (Å²) >= 11 is 0. The van der Waals surface area contributed by atoms with Crippen molar-refractivity contribution in [3.05, 3.63) is 90.0 Å². The van der Waals surface area contributed by atoms with Crippen LogP contribution in [-0.4, -0.2) is 20.2 Å². The summed E-state index contributed by atoms with van der Waals surface area (Å²) in [4.78, 5) is 9.37. The summed E-state index contributed by atoms with van der Waals surface area (Å²) in [7, 11) is 0. The van der Waals surface area contributed by atoms with Crippen molar-refractivity contribution in [2.24, 2.45) is 0 Å². The van der Waals surface area contributed by atoms with Crippen LogP contribution in [0.5, 0.6) is 0 Å². The number of anilines is 2. The van der Waals surface area contributed by atoms with Crippen molar-refractivity contribution in [1.82, 2.24) is 20.2 Å². The number of hydrogen-bond acceptors (Lipinski definition) is 6. The molecule has 0 unspecified atom stereocenters. The number of para-hydroxylation sites is 1. The number of aromatic nitrogens is 4. The van der Waals surface area contributed by atoms with Gasteiger partial charge in [-0.2, -0.15) is 5.10 Å². The quantitative estimate of drug-likeness (QED) is 0.542. The van der Waals surface area contributed by atoms with Gasteiger partial charge >= 0.3 is 5.79 Å². The number of rotatable bonds is 4. The van der Waals surface area contributed by atoms with Crippen LogP contribution in [0.25, 0.3) is 10.9 Å². The van der Waals surface area contributed by atoms with Gasteiger partial charge in [0.25, 0.3) is 0 Å². The molecule has 0 fully saturated rings. The van der Waals surface area contributed by atoms with Crippen LogP contribution in [0.3, 0.4) is 0 Å². The zero-order valence-corrected chi connectivity index (χ0v) is 15.4. The van der Waals surface area contributed by atoms with Crippen LogP contribution in [-0.2, 0) is 15.3 Å². The second-order valence-corrected chi connectivity index (χ2v) is 6.61. The number of fused-ring (bicyclic) bond motifs is 1. The molecule has 3 heterocycles. The summed E-state index contributed by atoms with van der Waals surface area (Å²) in [6.07, 6.45) is 2.85. The molecule has 0 saturated heterocycles. The van der Waals surface area contributed by atoms with E-state index in [1.165, 1.54) is 24.7 Å². The second kappa shape index (κ2) is 6.59. The molecule has 8 heteroatoms. The second-order valence-electron chi connectivity index (χ2n) is 6.61. The Morgan fingerprint density at radius 2 is 1.76 bits per heavy atom. The highest BCUT2D eigenvalue weighted by atomic mass is 19.1. The largest absolute Gasteiger partial charge is 0.447 e. The molecule has 0 aliphatic carbocycles. The van der Waals surface area contributed by atoms with E-state index in [-0.39, 0.29) is 11.6 Å². The number of hydrogen-bond donors (Lipinski definition) is 2. The Bertz CT molecular complexity index is 1210. The van der Waals surface area contributed by atoms with Crippen LogP contribution in [0.2, 0.25) is 0 Å². The summed E-state index contributed by atoms with van der Waals surface area (Å²) < 4.78 is 25.1. The molecule has 7 nitrogen and oxygen atoms in total. The molecule has 4 aromatic rings. The average molecular weight is 389 g/mol. The fourth-order valence-corrected chi connectivity index (χ4v) is 3.24. The van der Waals surface area contributed by atoms with Gasteiger partial charge in [-0.15, -0.1) is 0 Å². The van der Waals surface area contributed by atoms with Gasteiger partial charge in [0, 0.05) is 22.7 Å². The minimum Gasteiger partial charge on any atom is -0.447 e. The first-order valence-electron chi connectivity index (χ1n) is 8.97. The first kappa shape index (κ1) is 17.2. The van der Waals surface area contributed by atoms with Crippen molar-refractivity contribution in [2.45, 2.75) is 12.7 Å². The first-order valence-corrected chi connectivity index (χ1v) is 8.97. The lowest BCUT2D eigenvalue weighted by molar-refractivity contribution is -0.119. The number of ether oxygens (including phenoxy) is 2. The van der Waals surface area contributed by atoms with Crippen LogP contribution in [0.15, 0.2) is 67.1 Å². The maximum absolute atomic E-state index is 13.5. The molecule has 2 N–H and O–H groups in total. The molecular weight excluding hydrogens is 373 g/mol. The third-order valence-electron chi connectivity index (χ3n) is 4.60. The molecule has 144 valence electrons. The van der Waals surface area contributed by atoms with Gasteiger partial charge in [0.1, 0.15) is 24.2 Å². The summed E-state index contributed by atoms with van der Waals surface area (Å²) in [5.74, 6) is -0.305. The molecule has 5 rings (SSSR count). The van der Waals surface area contributed by atoms with E-state index in [9.17, 15) is 4.39 Å². The molecule has 0 amide bonds. The minimum atomic E-state index is -1.41. The van der Waals surface area contributed by atoms with E-state index in [1.807, 2.05) is 37.3 Å². The SMILES string of the molecule is Cc1cc(Nc2nc(C3(c4ccc(F)cc4)OC=CO3)nc3ccccc23)n[nH]1. The Balaban J connectivity index is 1.68. The first-order chi connectivity index (χ1) is 14.1. The van der Waals surface area contributed by atoms with E-state index in [2.05, 4.69) is 20.5 Å². The molecule has 0 radical (unpaired) electrons. The zero-order chi connectivity index (χ0) is 19.8.